The van der Waals surface area contributed by atoms with Crippen molar-refractivity contribution in [1.29, 1.82) is 0 Å². The lowest BCUT2D eigenvalue weighted by Gasteiger charge is -2.12. The van der Waals surface area contributed by atoms with Crippen molar-refractivity contribution >= 4 is 29.4 Å². The largest absolute Gasteiger partial charge is 0.497 e. The number of nitrogens with one attached hydrogen (secondary N) is 3. The molecule has 3 rings (SSSR count). The monoisotopic (exact) mass is 477 g/mol. The molecule has 0 spiro atoms. The van der Waals surface area contributed by atoms with Gasteiger partial charge in [-0.1, -0.05) is 12.1 Å². The van der Waals surface area contributed by atoms with Gasteiger partial charge in [0.2, 0.25) is 0 Å². The van der Waals surface area contributed by atoms with Gasteiger partial charge in [0.25, 0.3) is 17.7 Å². The number of benzene rings is 3. The van der Waals surface area contributed by atoms with Crippen LogP contribution >= 0.6 is 0 Å². The Balaban J connectivity index is 1.63. The Morgan fingerprint density at radius 3 is 1.91 bits per heavy atom. The van der Waals surface area contributed by atoms with Crippen molar-refractivity contribution in [3.05, 3.63) is 83.4 Å². The standard InChI is InChI=1S/C25H23N3O7/c1-15(29)35-21-11-10-18(14-22(21)34-3)25(32)28-27-24(31)16-6-4-8-19(12-16)26-23(30)17-7-5-9-20(13-17)33-2/h4-14H,1-3H3,(H,26,30)(H,27,31)(H,28,32). The minimum Gasteiger partial charge on any atom is -0.497 e. The summed E-state index contributed by atoms with van der Waals surface area (Å²) in [6.45, 7) is 1.24. The number of anilines is 1. The van der Waals surface area contributed by atoms with Gasteiger partial charge in [-0.15, -0.1) is 0 Å². The van der Waals surface area contributed by atoms with E-state index in [1.165, 1.54) is 51.5 Å². The van der Waals surface area contributed by atoms with Gasteiger partial charge in [-0.25, -0.2) is 0 Å². The maximum Gasteiger partial charge on any atom is 0.308 e. The molecular weight excluding hydrogens is 454 g/mol. The number of carbonyl (C=O) groups is 4. The summed E-state index contributed by atoms with van der Waals surface area (Å²) in [7, 11) is 2.87. The van der Waals surface area contributed by atoms with Gasteiger partial charge in [-0.2, -0.15) is 0 Å². The molecule has 0 radical (unpaired) electrons. The summed E-state index contributed by atoms with van der Waals surface area (Å²) >= 11 is 0. The summed E-state index contributed by atoms with van der Waals surface area (Å²) in [6.07, 6.45) is 0. The molecule has 35 heavy (non-hydrogen) atoms. The van der Waals surface area contributed by atoms with E-state index in [-0.39, 0.29) is 28.5 Å². The minimum atomic E-state index is -0.617. The molecule has 3 aromatic rings. The molecule has 0 aliphatic rings. The highest BCUT2D eigenvalue weighted by atomic mass is 16.6. The van der Waals surface area contributed by atoms with Crippen LogP contribution in [0.15, 0.2) is 66.7 Å². The number of rotatable bonds is 7. The number of hydrazine groups is 1. The normalized spacial score (nSPS) is 10.0. The summed E-state index contributed by atoms with van der Waals surface area (Å²) < 4.78 is 15.3. The SMILES string of the molecule is COc1cccc(C(=O)Nc2cccc(C(=O)NNC(=O)c3ccc(OC(C)=O)c(OC)c3)c2)c1. The number of carbonyl (C=O) groups excluding carboxylic acids is 4. The molecule has 0 atom stereocenters. The van der Waals surface area contributed by atoms with Gasteiger partial charge in [0.1, 0.15) is 5.75 Å². The molecule has 0 heterocycles. The first-order valence-electron chi connectivity index (χ1n) is 10.3. The zero-order chi connectivity index (χ0) is 25.4. The molecule has 0 fully saturated rings. The van der Waals surface area contributed by atoms with Crippen LogP contribution < -0.4 is 30.4 Å². The number of hydrogen-bond acceptors (Lipinski definition) is 7. The van der Waals surface area contributed by atoms with Crippen LogP contribution in [0, 0.1) is 0 Å². The fraction of sp³-hybridized carbons (Fsp3) is 0.120. The summed E-state index contributed by atoms with van der Waals surface area (Å²) in [5.41, 5.74) is 5.77. The van der Waals surface area contributed by atoms with Crippen LogP contribution in [0.4, 0.5) is 5.69 Å². The Hall–Kier alpha value is -4.86. The average Bonchev–Trinajstić information content (AvgIpc) is 2.87. The van der Waals surface area contributed by atoms with Gasteiger partial charge in [-0.3, -0.25) is 30.0 Å². The molecule has 0 aliphatic heterocycles. The van der Waals surface area contributed by atoms with E-state index in [2.05, 4.69) is 16.2 Å². The lowest BCUT2D eigenvalue weighted by Crippen LogP contribution is -2.41. The minimum absolute atomic E-state index is 0.161. The molecule has 0 saturated heterocycles. The Kier molecular flexibility index (Phi) is 8.02. The van der Waals surface area contributed by atoms with Crippen molar-refractivity contribution in [3.8, 4) is 17.2 Å². The van der Waals surface area contributed by atoms with E-state index in [4.69, 9.17) is 14.2 Å². The molecule has 10 heteroatoms. The second-order valence-electron chi connectivity index (χ2n) is 7.13. The molecule has 0 aliphatic carbocycles. The average molecular weight is 477 g/mol. The summed E-state index contributed by atoms with van der Waals surface area (Å²) in [5, 5.41) is 2.72. The number of esters is 1. The van der Waals surface area contributed by atoms with Crippen LogP contribution in [0.25, 0.3) is 0 Å². The topological polar surface area (TPSA) is 132 Å². The first-order valence-corrected chi connectivity index (χ1v) is 10.3. The van der Waals surface area contributed by atoms with Gasteiger partial charge in [0.05, 0.1) is 14.2 Å². The molecule has 0 unspecified atom stereocenters. The molecule has 10 nitrogen and oxygen atoms in total. The highest BCUT2D eigenvalue weighted by Gasteiger charge is 2.15. The van der Waals surface area contributed by atoms with E-state index in [0.29, 0.717) is 17.0 Å². The van der Waals surface area contributed by atoms with Crippen LogP contribution in [-0.4, -0.2) is 37.9 Å². The van der Waals surface area contributed by atoms with Gasteiger partial charge >= 0.3 is 5.97 Å². The first kappa shape index (κ1) is 24.8. The zero-order valence-electron chi connectivity index (χ0n) is 19.2. The molecule has 0 bridgehead atoms. The van der Waals surface area contributed by atoms with Crippen molar-refractivity contribution < 1.29 is 33.4 Å². The van der Waals surface area contributed by atoms with E-state index in [1.54, 1.807) is 36.4 Å². The van der Waals surface area contributed by atoms with Crippen molar-refractivity contribution in [1.82, 2.24) is 10.9 Å². The number of hydrogen-bond donors (Lipinski definition) is 3. The number of ether oxygens (including phenoxy) is 3. The van der Waals surface area contributed by atoms with Crippen LogP contribution in [-0.2, 0) is 4.79 Å². The predicted octanol–water partition coefficient (Wildman–Crippen LogP) is 2.96. The van der Waals surface area contributed by atoms with Crippen molar-refractivity contribution in [2.75, 3.05) is 19.5 Å². The lowest BCUT2D eigenvalue weighted by atomic mass is 10.1. The van der Waals surface area contributed by atoms with E-state index in [1.807, 2.05) is 0 Å². The highest BCUT2D eigenvalue weighted by molar-refractivity contribution is 6.05. The predicted molar refractivity (Wildman–Crippen MR) is 127 cm³/mol. The molecule has 3 amide bonds. The van der Waals surface area contributed by atoms with Crippen molar-refractivity contribution in [2.24, 2.45) is 0 Å². The Morgan fingerprint density at radius 2 is 1.29 bits per heavy atom. The number of methoxy groups -OCH3 is 2. The van der Waals surface area contributed by atoms with E-state index < -0.39 is 17.8 Å². The third kappa shape index (κ3) is 6.57. The Bertz CT molecular complexity index is 1270. The maximum atomic E-state index is 12.5. The molecule has 180 valence electrons. The summed E-state index contributed by atoms with van der Waals surface area (Å²) in [6, 6.07) is 17.1. The fourth-order valence-electron chi connectivity index (χ4n) is 3.01. The van der Waals surface area contributed by atoms with Crippen molar-refractivity contribution in [2.45, 2.75) is 6.92 Å². The van der Waals surface area contributed by atoms with Gasteiger partial charge < -0.3 is 19.5 Å². The Morgan fingerprint density at radius 1 is 0.657 bits per heavy atom. The fourth-order valence-corrected chi connectivity index (χ4v) is 3.01. The van der Waals surface area contributed by atoms with E-state index >= 15 is 0 Å². The second-order valence-corrected chi connectivity index (χ2v) is 7.13. The van der Waals surface area contributed by atoms with E-state index in [9.17, 15) is 19.2 Å². The van der Waals surface area contributed by atoms with Crippen LogP contribution in [0.2, 0.25) is 0 Å². The van der Waals surface area contributed by atoms with Crippen LogP contribution in [0.1, 0.15) is 38.0 Å². The summed E-state index contributed by atoms with van der Waals surface area (Å²) in [5.74, 6) is -1.24. The van der Waals surface area contributed by atoms with Gasteiger partial charge in [-0.05, 0) is 54.6 Å². The van der Waals surface area contributed by atoms with Gasteiger partial charge in [0.15, 0.2) is 11.5 Å². The zero-order valence-corrected chi connectivity index (χ0v) is 19.2. The smallest absolute Gasteiger partial charge is 0.308 e. The molecular formula is C25H23N3O7. The van der Waals surface area contributed by atoms with Crippen LogP contribution in [0.5, 0.6) is 17.2 Å². The maximum absolute atomic E-state index is 12.5. The Labute approximate surface area is 201 Å². The molecule has 3 N–H and O–H groups in total. The molecule has 0 saturated carbocycles. The third-order valence-corrected chi connectivity index (χ3v) is 4.68. The highest BCUT2D eigenvalue weighted by Crippen LogP contribution is 2.28. The molecule has 0 aromatic heterocycles. The molecule has 3 aromatic carbocycles. The number of amides is 3. The van der Waals surface area contributed by atoms with Crippen molar-refractivity contribution in [3.63, 3.8) is 0 Å². The van der Waals surface area contributed by atoms with Crippen LogP contribution in [0.3, 0.4) is 0 Å². The van der Waals surface area contributed by atoms with Gasteiger partial charge in [0, 0.05) is 29.3 Å². The first-order chi connectivity index (χ1) is 16.8. The quantitative estimate of drug-likeness (QED) is 0.271. The summed E-state index contributed by atoms with van der Waals surface area (Å²) in [4.78, 5) is 48.6. The second kappa shape index (κ2) is 11.3. The third-order valence-electron chi connectivity index (χ3n) is 4.68. The lowest BCUT2D eigenvalue weighted by molar-refractivity contribution is -0.132. The van der Waals surface area contributed by atoms with E-state index in [0.717, 1.165) is 0 Å².